The molecule has 21 heavy (non-hydrogen) atoms. The van der Waals surface area contributed by atoms with E-state index in [4.69, 9.17) is 4.74 Å². The molecule has 2 aliphatic rings. The number of amides is 1. The van der Waals surface area contributed by atoms with Crippen molar-refractivity contribution in [2.75, 3.05) is 13.1 Å². The lowest BCUT2D eigenvalue weighted by molar-refractivity contribution is 0.00456. The van der Waals surface area contributed by atoms with Gasteiger partial charge in [0.15, 0.2) is 0 Å². The van der Waals surface area contributed by atoms with Crippen molar-refractivity contribution in [2.45, 2.75) is 77.2 Å². The van der Waals surface area contributed by atoms with E-state index in [-0.39, 0.29) is 24.2 Å². The predicted molar refractivity (Wildman–Crippen MR) is 82.2 cm³/mol. The number of rotatable bonds is 3. The average molecular weight is 298 g/mol. The fourth-order valence-electron chi connectivity index (χ4n) is 3.15. The molecule has 2 N–H and O–H groups in total. The van der Waals surface area contributed by atoms with Gasteiger partial charge in [-0.3, -0.25) is 4.90 Å². The largest absolute Gasteiger partial charge is 0.444 e. The van der Waals surface area contributed by atoms with E-state index in [0.29, 0.717) is 6.04 Å². The van der Waals surface area contributed by atoms with Crippen LogP contribution in [0, 0.1) is 5.92 Å². The van der Waals surface area contributed by atoms with Crippen molar-refractivity contribution in [1.29, 1.82) is 0 Å². The van der Waals surface area contributed by atoms with Gasteiger partial charge in [-0.15, -0.1) is 0 Å². The van der Waals surface area contributed by atoms with Crippen LogP contribution in [0.15, 0.2) is 0 Å². The van der Waals surface area contributed by atoms with Gasteiger partial charge in [0.2, 0.25) is 0 Å². The van der Waals surface area contributed by atoms with Gasteiger partial charge < -0.3 is 15.2 Å². The van der Waals surface area contributed by atoms with Crippen molar-refractivity contribution in [1.82, 2.24) is 10.2 Å². The van der Waals surface area contributed by atoms with Crippen LogP contribution in [0.2, 0.25) is 0 Å². The summed E-state index contributed by atoms with van der Waals surface area (Å²) in [5.74, 6) is 0.222. The molecule has 2 fully saturated rings. The third-order valence-corrected chi connectivity index (χ3v) is 4.51. The van der Waals surface area contributed by atoms with E-state index in [0.717, 1.165) is 19.5 Å². The van der Waals surface area contributed by atoms with Crippen LogP contribution in [0.1, 0.15) is 53.4 Å². The third-order valence-electron chi connectivity index (χ3n) is 4.51. The summed E-state index contributed by atoms with van der Waals surface area (Å²) in [5.41, 5.74) is -0.476. The lowest BCUT2D eigenvalue weighted by atomic mass is 9.85. The number of carbonyl (C=O) groups is 1. The van der Waals surface area contributed by atoms with Gasteiger partial charge in [-0.1, -0.05) is 6.42 Å². The van der Waals surface area contributed by atoms with Gasteiger partial charge in [0.25, 0.3) is 0 Å². The molecule has 1 amide bonds. The Hall–Kier alpha value is -0.810. The number of piperidine rings is 1. The summed E-state index contributed by atoms with van der Waals surface area (Å²) in [7, 11) is 0. The van der Waals surface area contributed by atoms with Gasteiger partial charge in [-0.25, -0.2) is 4.79 Å². The molecule has 0 aromatic rings. The molecule has 1 heterocycles. The summed E-state index contributed by atoms with van der Waals surface area (Å²) in [6, 6.07) is 0.697. The summed E-state index contributed by atoms with van der Waals surface area (Å²) in [4.78, 5) is 14.4. The maximum Gasteiger partial charge on any atom is 0.407 e. The maximum atomic E-state index is 11.9. The van der Waals surface area contributed by atoms with E-state index in [1.54, 1.807) is 0 Å². The Bertz CT molecular complexity index is 361. The van der Waals surface area contributed by atoms with Crippen LogP contribution in [0.4, 0.5) is 4.79 Å². The molecule has 5 nitrogen and oxygen atoms in total. The second kappa shape index (κ2) is 6.53. The maximum absolute atomic E-state index is 11.9. The number of nitrogens with zero attached hydrogens (tertiary/aromatic N) is 1. The fourth-order valence-corrected chi connectivity index (χ4v) is 3.15. The molecule has 0 radical (unpaired) electrons. The Labute approximate surface area is 128 Å². The SMILES string of the molecule is CC(O)C1CC(NC(=O)OC(C)(C)C)CN(C2CCC2)C1. The molecule has 1 saturated heterocycles. The first-order chi connectivity index (χ1) is 9.74. The monoisotopic (exact) mass is 298 g/mol. The summed E-state index contributed by atoms with van der Waals surface area (Å²) < 4.78 is 5.34. The molecule has 122 valence electrons. The molecular formula is C16H30N2O3. The Morgan fingerprint density at radius 3 is 2.48 bits per heavy atom. The van der Waals surface area contributed by atoms with Crippen LogP contribution in [0.5, 0.6) is 0 Å². The number of ether oxygens (including phenoxy) is 1. The van der Waals surface area contributed by atoms with E-state index < -0.39 is 5.60 Å². The van der Waals surface area contributed by atoms with Crippen molar-refractivity contribution in [3.63, 3.8) is 0 Å². The molecule has 0 aromatic carbocycles. The highest BCUT2D eigenvalue weighted by molar-refractivity contribution is 5.68. The third kappa shape index (κ3) is 4.85. The minimum Gasteiger partial charge on any atom is -0.444 e. The highest BCUT2D eigenvalue weighted by Gasteiger charge is 2.36. The first kappa shape index (κ1) is 16.6. The average Bonchev–Trinajstić information content (AvgIpc) is 2.22. The van der Waals surface area contributed by atoms with Gasteiger partial charge in [0, 0.05) is 25.2 Å². The molecule has 1 saturated carbocycles. The molecule has 2 rings (SSSR count). The van der Waals surface area contributed by atoms with Crippen molar-refractivity contribution in [3.05, 3.63) is 0 Å². The lowest BCUT2D eigenvalue weighted by Gasteiger charge is -2.46. The van der Waals surface area contributed by atoms with E-state index >= 15 is 0 Å². The lowest BCUT2D eigenvalue weighted by Crippen LogP contribution is -2.57. The summed E-state index contributed by atoms with van der Waals surface area (Å²) in [5, 5.41) is 12.9. The second-order valence-electron chi connectivity index (χ2n) is 7.62. The van der Waals surface area contributed by atoms with E-state index in [1.807, 2.05) is 27.7 Å². The molecule has 0 aromatic heterocycles. The second-order valence-corrected chi connectivity index (χ2v) is 7.62. The molecule has 3 atom stereocenters. The Morgan fingerprint density at radius 1 is 1.33 bits per heavy atom. The van der Waals surface area contributed by atoms with Gasteiger partial charge in [0.05, 0.1) is 6.10 Å². The van der Waals surface area contributed by atoms with Gasteiger partial charge >= 0.3 is 6.09 Å². The van der Waals surface area contributed by atoms with Crippen LogP contribution in [0.3, 0.4) is 0 Å². The zero-order valence-electron chi connectivity index (χ0n) is 13.8. The number of aliphatic hydroxyl groups excluding tert-OH is 1. The Kier molecular flexibility index (Phi) is 5.15. The van der Waals surface area contributed by atoms with Crippen LogP contribution in [-0.4, -0.2) is 53.0 Å². The quantitative estimate of drug-likeness (QED) is 0.838. The summed E-state index contributed by atoms with van der Waals surface area (Å²) >= 11 is 0. The van der Waals surface area contributed by atoms with E-state index in [1.165, 1.54) is 19.3 Å². The van der Waals surface area contributed by atoms with Gasteiger partial charge in [0.1, 0.15) is 5.60 Å². The normalized spacial score (nSPS) is 29.6. The zero-order valence-corrected chi connectivity index (χ0v) is 13.8. The number of hydrogen-bond acceptors (Lipinski definition) is 4. The molecule has 0 bridgehead atoms. The molecule has 5 heteroatoms. The van der Waals surface area contributed by atoms with Crippen molar-refractivity contribution >= 4 is 6.09 Å². The first-order valence-electron chi connectivity index (χ1n) is 8.16. The van der Waals surface area contributed by atoms with Crippen LogP contribution in [-0.2, 0) is 4.74 Å². The number of aliphatic hydroxyl groups is 1. The van der Waals surface area contributed by atoms with Crippen molar-refractivity contribution in [3.8, 4) is 0 Å². The van der Waals surface area contributed by atoms with Gasteiger partial charge in [-0.2, -0.15) is 0 Å². The first-order valence-corrected chi connectivity index (χ1v) is 8.16. The van der Waals surface area contributed by atoms with Crippen molar-refractivity contribution in [2.24, 2.45) is 5.92 Å². The summed E-state index contributed by atoms with van der Waals surface area (Å²) in [6.07, 6.45) is 3.91. The molecular weight excluding hydrogens is 268 g/mol. The highest BCUT2D eigenvalue weighted by Crippen LogP contribution is 2.30. The minimum absolute atomic E-state index is 0.0637. The molecule has 3 unspecified atom stereocenters. The minimum atomic E-state index is -0.476. The van der Waals surface area contributed by atoms with Crippen LogP contribution in [0.25, 0.3) is 0 Å². The number of carbonyl (C=O) groups excluding carboxylic acids is 1. The van der Waals surface area contributed by atoms with Gasteiger partial charge in [-0.05, 0) is 52.9 Å². The molecule has 0 spiro atoms. The number of alkyl carbamates (subject to hydrolysis) is 1. The molecule has 1 aliphatic heterocycles. The predicted octanol–water partition coefficient (Wildman–Crippen LogP) is 2.13. The van der Waals surface area contributed by atoms with Crippen molar-refractivity contribution < 1.29 is 14.6 Å². The van der Waals surface area contributed by atoms with E-state index in [9.17, 15) is 9.90 Å². The summed E-state index contributed by atoms with van der Waals surface area (Å²) in [6.45, 7) is 9.26. The Morgan fingerprint density at radius 2 is 2.00 bits per heavy atom. The highest BCUT2D eigenvalue weighted by atomic mass is 16.6. The zero-order chi connectivity index (χ0) is 15.6. The smallest absolute Gasteiger partial charge is 0.407 e. The topological polar surface area (TPSA) is 61.8 Å². The molecule has 1 aliphatic carbocycles. The number of nitrogens with one attached hydrogen (secondary N) is 1. The van der Waals surface area contributed by atoms with E-state index in [2.05, 4.69) is 10.2 Å². The Balaban J connectivity index is 1.92. The standard InChI is InChI=1S/C16H30N2O3/c1-11(19)12-8-13(17-15(20)21-16(2,3)4)10-18(9-12)14-6-5-7-14/h11-14,19H,5-10H2,1-4H3,(H,17,20). The van der Waals surface area contributed by atoms with Crippen LogP contribution < -0.4 is 5.32 Å². The number of likely N-dealkylation sites (tertiary alicyclic amines) is 1. The fraction of sp³-hybridized carbons (Fsp3) is 0.938. The number of hydrogen-bond donors (Lipinski definition) is 2. The van der Waals surface area contributed by atoms with Crippen LogP contribution >= 0.6 is 0 Å².